The predicted octanol–water partition coefficient (Wildman–Crippen LogP) is 5.08. The fourth-order valence-corrected chi connectivity index (χ4v) is 2.50. The number of aromatic nitrogens is 1. The summed E-state index contributed by atoms with van der Waals surface area (Å²) >= 11 is 0. The zero-order valence-corrected chi connectivity index (χ0v) is 11.5. The molecule has 0 spiro atoms. The molecule has 4 rings (SSSR count). The molecule has 0 saturated heterocycles. The lowest BCUT2D eigenvalue weighted by Gasteiger charge is -2.07. The van der Waals surface area contributed by atoms with Gasteiger partial charge in [-0.3, -0.25) is 0 Å². The van der Waals surface area contributed by atoms with E-state index in [1.165, 1.54) is 0 Å². The van der Waals surface area contributed by atoms with Gasteiger partial charge in [0.15, 0.2) is 5.58 Å². The first-order chi connectivity index (χ1) is 10.3. The molecule has 0 unspecified atom stereocenters. The second kappa shape index (κ2) is 4.63. The van der Waals surface area contributed by atoms with Gasteiger partial charge >= 0.3 is 0 Å². The summed E-state index contributed by atoms with van der Waals surface area (Å²) in [7, 11) is 0. The Hall–Kier alpha value is -2.81. The average Bonchev–Trinajstić information content (AvgIpc) is 2.91. The molecule has 0 amide bonds. The molecule has 0 N–H and O–H groups in total. The van der Waals surface area contributed by atoms with Crippen LogP contribution in [0.4, 0.5) is 0 Å². The van der Waals surface area contributed by atoms with Gasteiger partial charge in [-0.15, -0.1) is 0 Å². The summed E-state index contributed by atoms with van der Waals surface area (Å²) in [6, 6.07) is 19.6. The van der Waals surface area contributed by atoms with Crippen molar-refractivity contribution in [1.29, 1.82) is 0 Å². The first kappa shape index (κ1) is 12.0. The molecule has 0 saturated carbocycles. The van der Waals surface area contributed by atoms with Crippen molar-refractivity contribution in [3.8, 4) is 11.6 Å². The summed E-state index contributed by atoms with van der Waals surface area (Å²) < 4.78 is 11.7. The Bertz CT molecular complexity index is 926. The van der Waals surface area contributed by atoms with Crippen molar-refractivity contribution in [2.24, 2.45) is 0 Å². The number of pyridine rings is 1. The summed E-state index contributed by atoms with van der Waals surface area (Å²) in [5.41, 5.74) is 1.59. The normalized spacial score (nSPS) is 11.1. The third-order valence-electron chi connectivity index (χ3n) is 3.42. The van der Waals surface area contributed by atoms with Crippen LogP contribution in [-0.2, 0) is 0 Å². The zero-order valence-electron chi connectivity index (χ0n) is 11.5. The number of benzene rings is 2. The maximum atomic E-state index is 5.91. The summed E-state index contributed by atoms with van der Waals surface area (Å²) in [5, 5.41) is 2.11. The molecule has 0 fully saturated rings. The average molecular weight is 275 g/mol. The van der Waals surface area contributed by atoms with Crippen molar-refractivity contribution in [3.05, 3.63) is 66.4 Å². The zero-order chi connectivity index (χ0) is 14.2. The Morgan fingerprint density at radius 2 is 1.67 bits per heavy atom. The predicted molar refractivity (Wildman–Crippen MR) is 82.8 cm³/mol. The highest BCUT2D eigenvalue weighted by Gasteiger charge is 2.14. The van der Waals surface area contributed by atoms with Gasteiger partial charge in [-0.25, -0.2) is 4.98 Å². The molecule has 3 heteroatoms. The summed E-state index contributed by atoms with van der Waals surface area (Å²) in [6.45, 7) is 1.93. The van der Waals surface area contributed by atoms with Crippen LogP contribution in [0.1, 0.15) is 5.76 Å². The smallest absolute Gasteiger partial charge is 0.264 e. The number of para-hydroxylation sites is 2. The molecular formula is C18H13NO2. The highest BCUT2D eigenvalue weighted by molar-refractivity contribution is 6.05. The van der Waals surface area contributed by atoms with Gasteiger partial charge in [0.05, 0.1) is 5.52 Å². The van der Waals surface area contributed by atoms with Gasteiger partial charge in [0.1, 0.15) is 11.5 Å². The van der Waals surface area contributed by atoms with Crippen molar-refractivity contribution in [2.75, 3.05) is 0 Å². The molecule has 2 heterocycles. The Kier molecular flexibility index (Phi) is 2.64. The van der Waals surface area contributed by atoms with Crippen molar-refractivity contribution in [2.45, 2.75) is 6.92 Å². The summed E-state index contributed by atoms with van der Waals surface area (Å²) in [6.07, 6.45) is 0. The number of hydrogen-bond donors (Lipinski definition) is 0. The Balaban J connectivity index is 1.98. The van der Waals surface area contributed by atoms with Gasteiger partial charge < -0.3 is 9.15 Å². The Morgan fingerprint density at radius 1 is 0.905 bits per heavy atom. The third kappa shape index (κ3) is 2.03. The highest BCUT2D eigenvalue weighted by Crippen LogP contribution is 2.35. The molecule has 0 aliphatic heterocycles. The lowest BCUT2D eigenvalue weighted by molar-refractivity contribution is 0.453. The van der Waals surface area contributed by atoms with Crippen LogP contribution in [-0.4, -0.2) is 4.98 Å². The first-order valence-corrected chi connectivity index (χ1v) is 6.83. The van der Waals surface area contributed by atoms with Crippen molar-refractivity contribution < 1.29 is 9.15 Å². The van der Waals surface area contributed by atoms with Crippen molar-refractivity contribution >= 4 is 21.9 Å². The van der Waals surface area contributed by atoms with Crippen molar-refractivity contribution in [1.82, 2.24) is 4.98 Å². The molecule has 102 valence electrons. The van der Waals surface area contributed by atoms with E-state index in [1.54, 1.807) is 0 Å². The largest absolute Gasteiger partial charge is 0.456 e. The molecule has 0 bridgehead atoms. The van der Waals surface area contributed by atoms with Crippen LogP contribution in [0.2, 0.25) is 0 Å². The minimum absolute atomic E-state index is 0.503. The molecule has 4 aromatic rings. The second-order valence-electron chi connectivity index (χ2n) is 4.95. The van der Waals surface area contributed by atoms with E-state index >= 15 is 0 Å². The molecule has 0 atom stereocenters. The van der Waals surface area contributed by atoms with E-state index in [-0.39, 0.29) is 0 Å². The van der Waals surface area contributed by atoms with Crippen LogP contribution < -0.4 is 4.74 Å². The van der Waals surface area contributed by atoms with Crippen molar-refractivity contribution in [3.63, 3.8) is 0 Å². The van der Waals surface area contributed by atoms with Gasteiger partial charge in [0.2, 0.25) is 0 Å². The number of aryl methyl sites for hydroxylation is 1. The van der Waals surface area contributed by atoms with Gasteiger partial charge in [-0.2, -0.15) is 0 Å². The van der Waals surface area contributed by atoms with Crippen LogP contribution in [0.3, 0.4) is 0 Å². The molecule has 21 heavy (non-hydrogen) atoms. The van der Waals surface area contributed by atoms with Gasteiger partial charge in [-0.1, -0.05) is 36.4 Å². The Labute approximate surface area is 121 Å². The minimum Gasteiger partial charge on any atom is -0.456 e. The van der Waals surface area contributed by atoms with Crippen LogP contribution >= 0.6 is 0 Å². The van der Waals surface area contributed by atoms with E-state index in [0.29, 0.717) is 11.5 Å². The van der Waals surface area contributed by atoms with Gasteiger partial charge in [-0.05, 0) is 31.2 Å². The number of furan rings is 1. The van der Waals surface area contributed by atoms with Gasteiger partial charge in [0, 0.05) is 10.8 Å². The second-order valence-corrected chi connectivity index (χ2v) is 4.95. The number of ether oxygens (including phenoxy) is 1. The van der Waals surface area contributed by atoms with Gasteiger partial charge in [0.25, 0.3) is 5.88 Å². The topological polar surface area (TPSA) is 35.3 Å². The van der Waals surface area contributed by atoms with Crippen LogP contribution in [0.15, 0.2) is 65.1 Å². The summed E-state index contributed by atoms with van der Waals surface area (Å²) in [5.74, 6) is 2.10. The summed E-state index contributed by atoms with van der Waals surface area (Å²) in [4.78, 5) is 4.60. The fourth-order valence-electron chi connectivity index (χ4n) is 2.50. The maximum absolute atomic E-state index is 5.91. The number of nitrogens with zero attached hydrogens (tertiary/aromatic N) is 1. The molecule has 0 aliphatic carbocycles. The lowest BCUT2D eigenvalue weighted by atomic mass is 10.1. The van der Waals surface area contributed by atoms with E-state index in [2.05, 4.69) is 4.98 Å². The monoisotopic (exact) mass is 275 g/mol. The van der Waals surface area contributed by atoms with Crippen LogP contribution in [0, 0.1) is 6.92 Å². The van der Waals surface area contributed by atoms with Crippen LogP contribution in [0.5, 0.6) is 11.6 Å². The lowest BCUT2D eigenvalue weighted by Crippen LogP contribution is -1.89. The molecule has 0 aliphatic rings. The quantitative estimate of drug-likeness (QED) is 0.511. The number of fused-ring (bicyclic) bond motifs is 3. The molecular weight excluding hydrogens is 262 g/mol. The molecule has 3 nitrogen and oxygen atoms in total. The standard InChI is InChI=1S/C18H13NO2/c1-12-11-15-14-9-5-6-10-16(14)19-18(17(15)20-12)21-13-7-3-2-4-8-13/h2-11H,1H3. The minimum atomic E-state index is 0.503. The highest BCUT2D eigenvalue weighted by atomic mass is 16.5. The third-order valence-corrected chi connectivity index (χ3v) is 3.42. The van der Waals surface area contributed by atoms with E-state index in [0.717, 1.165) is 27.8 Å². The molecule has 2 aromatic carbocycles. The molecule has 2 aromatic heterocycles. The van der Waals surface area contributed by atoms with E-state index < -0.39 is 0 Å². The maximum Gasteiger partial charge on any atom is 0.264 e. The number of rotatable bonds is 2. The van der Waals surface area contributed by atoms with E-state index in [4.69, 9.17) is 9.15 Å². The van der Waals surface area contributed by atoms with E-state index in [9.17, 15) is 0 Å². The van der Waals surface area contributed by atoms with Crippen LogP contribution in [0.25, 0.3) is 21.9 Å². The molecule has 0 radical (unpaired) electrons. The first-order valence-electron chi connectivity index (χ1n) is 6.83. The fraction of sp³-hybridized carbons (Fsp3) is 0.0556. The number of hydrogen-bond acceptors (Lipinski definition) is 3. The van der Waals surface area contributed by atoms with E-state index in [1.807, 2.05) is 67.6 Å². The Morgan fingerprint density at radius 3 is 2.52 bits per heavy atom. The SMILES string of the molecule is Cc1cc2c(o1)c(Oc1ccccc1)nc1ccccc12.